The molecule has 7 nitrogen and oxygen atoms in total. The van der Waals surface area contributed by atoms with E-state index in [0.717, 1.165) is 0 Å². The third kappa shape index (κ3) is 2.41. The van der Waals surface area contributed by atoms with E-state index >= 15 is 0 Å². The molecule has 7 heteroatoms. The van der Waals surface area contributed by atoms with E-state index < -0.39 is 30.3 Å². The minimum atomic E-state index is -1.10. The summed E-state index contributed by atoms with van der Waals surface area (Å²) >= 11 is 0. The first-order chi connectivity index (χ1) is 7.99. The predicted molar refractivity (Wildman–Crippen MR) is 56.2 cm³/mol. The molecule has 0 aromatic rings. The number of carboxylic acid groups (broad SMARTS) is 1. The lowest BCUT2D eigenvalue weighted by Crippen LogP contribution is -2.48. The molecule has 96 valence electrons. The Kier molecular flexibility index (Phi) is 3.32. The molecular formula is C10H16N2O5. The standard InChI is InChI=1S/C10H16N2O5/c13-5-1-7(11-3-5)9(15)12-4-6(14)2-8(12)10(16)17/h5-8,11,13-14H,1-4H2,(H,16,17)/t5?,6?,7-,8-/m0/s1. The Balaban J connectivity index is 2.05. The molecule has 2 saturated heterocycles. The van der Waals surface area contributed by atoms with Gasteiger partial charge in [-0.15, -0.1) is 0 Å². The number of nitrogens with one attached hydrogen (secondary N) is 1. The quantitative estimate of drug-likeness (QED) is 0.437. The maximum absolute atomic E-state index is 12.0. The number of carbonyl (C=O) groups is 2. The van der Waals surface area contributed by atoms with E-state index in [9.17, 15) is 19.8 Å². The van der Waals surface area contributed by atoms with Crippen LogP contribution in [0.5, 0.6) is 0 Å². The highest BCUT2D eigenvalue weighted by Crippen LogP contribution is 2.21. The van der Waals surface area contributed by atoms with Crippen molar-refractivity contribution in [3.8, 4) is 0 Å². The number of hydrogen-bond donors (Lipinski definition) is 4. The van der Waals surface area contributed by atoms with Crippen LogP contribution < -0.4 is 5.32 Å². The van der Waals surface area contributed by atoms with Crippen molar-refractivity contribution in [2.24, 2.45) is 0 Å². The molecule has 0 aromatic heterocycles. The van der Waals surface area contributed by atoms with Gasteiger partial charge in [0.25, 0.3) is 0 Å². The Hall–Kier alpha value is -1.18. The molecule has 0 aliphatic carbocycles. The van der Waals surface area contributed by atoms with E-state index in [2.05, 4.69) is 5.32 Å². The fourth-order valence-electron chi connectivity index (χ4n) is 2.40. The van der Waals surface area contributed by atoms with Crippen LogP contribution in [0.15, 0.2) is 0 Å². The lowest BCUT2D eigenvalue weighted by atomic mass is 10.1. The molecule has 2 unspecified atom stereocenters. The monoisotopic (exact) mass is 244 g/mol. The van der Waals surface area contributed by atoms with Crippen molar-refractivity contribution in [1.82, 2.24) is 10.2 Å². The second-order valence-corrected chi connectivity index (χ2v) is 4.58. The van der Waals surface area contributed by atoms with E-state index in [1.165, 1.54) is 4.90 Å². The zero-order chi connectivity index (χ0) is 12.6. The molecule has 0 bridgehead atoms. The number of aliphatic hydroxyl groups is 2. The van der Waals surface area contributed by atoms with Crippen molar-refractivity contribution in [1.29, 1.82) is 0 Å². The van der Waals surface area contributed by atoms with Gasteiger partial charge in [-0.05, 0) is 6.42 Å². The molecule has 4 atom stereocenters. The highest BCUT2D eigenvalue weighted by molar-refractivity contribution is 5.88. The molecule has 0 saturated carbocycles. The number of rotatable bonds is 2. The van der Waals surface area contributed by atoms with Crippen molar-refractivity contribution in [3.63, 3.8) is 0 Å². The predicted octanol–water partition coefficient (Wildman–Crippen LogP) is -2.24. The van der Waals surface area contributed by atoms with Gasteiger partial charge in [0.1, 0.15) is 6.04 Å². The van der Waals surface area contributed by atoms with Crippen molar-refractivity contribution in [2.45, 2.75) is 37.1 Å². The lowest BCUT2D eigenvalue weighted by molar-refractivity contribution is -0.148. The van der Waals surface area contributed by atoms with Gasteiger partial charge in [0.15, 0.2) is 0 Å². The van der Waals surface area contributed by atoms with Crippen LogP contribution in [0.4, 0.5) is 0 Å². The number of carbonyl (C=O) groups excluding carboxylic acids is 1. The molecule has 0 spiro atoms. The number of hydrogen-bond acceptors (Lipinski definition) is 5. The summed E-state index contributed by atoms with van der Waals surface area (Å²) in [6.07, 6.45) is -1.00. The van der Waals surface area contributed by atoms with Gasteiger partial charge in [-0.1, -0.05) is 0 Å². The zero-order valence-electron chi connectivity index (χ0n) is 9.24. The number of nitrogens with zero attached hydrogens (tertiary/aromatic N) is 1. The third-order valence-electron chi connectivity index (χ3n) is 3.25. The van der Waals surface area contributed by atoms with Gasteiger partial charge in [-0.25, -0.2) is 4.79 Å². The smallest absolute Gasteiger partial charge is 0.326 e. The van der Waals surface area contributed by atoms with Crippen LogP contribution in [-0.4, -0.2) is 69.5 Å². The molecule has 17 heavy (non-hydrogen) atoms. The molecule has 2 rings (SSSR count). The molecular weight excluding hydrogens is 228 g/mol. The van der Waals surface area contributed by atoms with Crippen LogP contribution in [0.3, 0.4) is 0 Å². The van der Waals surface area contributed by atoms with Crippen LogP contribution in [0.2, 0.25) is 0 Å². The minimum Gasteiger partial charge on any atom is -0.480 e. The fourth-order valence-corrected chi connectivity index (χ4v) is 2.40. The first kappa shape index (κ1) is 12.3. The van der Waals surface area contributed by atoms with Crippen molar-refractivity contribution in [2.75, 3.05) is 13.1 Å². The number of amides is 1. The molecule has 2 fully saturated rings. The van der Waals surface area contributed by atoms with Gasteiger partial charge >= 0.3 is 5.97 Å². The summed E-state index contributed by atoms with van der Waals surface area (Å²) in [5.41, 5.74) is 0. The lowest BCUT2D eigenvalue weighted by Gasteiger charge is -2.24. The van der Waals surface area contributed by atoms with Crippen LogP contribution in [0.25, 0.3) is 0 Å². The maximum atomic E-state index is 12.0. The molecule has 1 amide bonds. The fraction of sp³-hybridized carbons (Fsp3) is 0.800. The zero-order valence-corrected chi connectivity index (χ0v) is 9.24. The Bertz CT molecular complexity index is 335. The molecule has 2 aliphatic rings. The number of aliphatic hydroxyl groups excluding tert-OH is 2. The Morgan fingerprint density at radius 3 is 2.41 bits per heavy atom. The van der Waals surface area contributed by atoms with Crippen molar-refractivity contribution < 1.29 is 24.9 Å². The second kappa shape index (κ2) is 4.59. The molecule has 4 N–H and O–H groups in total. The van der Waals surface area contributed by atoms with E-state index in [-0.39, 0.29) is 25.3 Å². The average Bonchev–Trinajstić information content (AvgIpc) is 2.83. The Labute approximate surface area is 98.0 Å². The summed E-state index contributed by atoms with van der Waals surface area (Å²) in [6.45, 7) is 0.384. The summed E-state index contributed by atoms with van der Waals surface area (Å²) in [4.78, 5) is 24.2. The molecule has 2 aliphatic heterocycles. The number of carboxylic acids is 1. The van der Waals surface area contributed by atoms with E-state index in [0.29, 0.717) is 6.54 Å². The maximum Gasteiger partial charge on any atom is 0.326 e. The van der Waals surface area contributed by atoms with Crippen LogP contribution >= 0.6 is 0 Å². The number of likely N-dealkylation sites (tertiary alicyclic amines) is 1. The number of β-amino-alcohol motifs (C(OH)–C–C–N with tert-alkyl or cyclic N) is 2. The first-order valence-electron chi connectivity index (χ1n) is 5.62. The number of aliphatic carboxylic acids is 1. The average molecular weight is 244 g/mol. The van der Waals surface area contributed by atoms with E-state index in [1.54, 1.807) is 0 Å². The first-order valence-corrected chi connectivity index (χ1v) is 5.62. The van der Waals surface area contributed by atoms with Gasteiger partial charge in [-0.2, -0.15) is 0 Å². The van der Waals surface area contributed by atoms with Crippen LogP contribution in [0.1, 0.15) is 12.8 Å². The third-order valence-corrected chi connectivity index (χ3v) is 3.25. The van der Waals surface area contributed by atoms with Gasteiger partial charge in [0, 0.05) is 19.5 Å². The SMILES string of the molecule is O=C(O)[C@@H]1CC(O)CN1C(=O)[C@@H]1CC(O)CN1. The van der Waals surface area contributed by atoms with E-state index in [4.69, 9.17) is 5.11 Å². The van der Waals surface area contributed by atoms with Gasteiger partial charge in [0.05, 0.1) is 18.2 Å². The minimum absolute atomic E-state index is 0.0457. The van der Waals surface area contributed by atoms with Gasteiger partial charge in [0.2, 0.25) is 5.91 Å². The summed E-state index contributed by atoms with van der Waals surface area (Å²) in [7, 11) is 0. The van der Waals surface area contributed by atoms with Crippen molar-refractivity contribution in [3.05, 3.63) is 0 Å². The summed E-state index contributed by atoms with van der Waals surface area (Å²) in [5.74, 6) is -1.46. The van der Waals surface area contributed by atoms with Gasteiger partial charge in [-0.3, -0.25) is 4.79 Å². The molecule has 2 heterocycles. The summed E-state index contributed by atoms with van der Waals surface area (Å²) < 4.78 is 0. The Morgan fingerprint density at radius 1 is 1.18 bits per heavy atom. The topological polar surface area (TPSA) is 110 Å². The van der Waals surface area contributed by atoms with Crippen LogP contribution in [0, 0.1) is 0 Å². The second-order valence-electron chi connectivity index (χ2n) is 4.58. The van der Waals surface area contributed by atoms with E-state index in [1.807, 2.05) is 0 Å². The van der Waals surface area contributed by atoms with Crippen molar-refractivity contribution >= 4 is 11.9 Å². The van der Waals surface area contributed by atoms with Crippen LogP contribution in [-0.2, 0) is 9.59 Å². The molecule has 0 radical (unpaired) electrons. The largest absolute Gasteiger partial charge is 0.480 e. The van der Waals surface area contributed by atoms with Gasteiger partial charge < -0.3 is 25.5 Å². The summed E-state index contributed by atoms with van der Waals surface area (Å²) in [6, 6.07) is -1.51. The summed E-state index contributed by atoms with van der Waals surface area (Å²) in [5, 5.41) is 30.6. The highest BCUT2D eigenvalue weighted by atomic mass is 16.4. The molecule has 0 aromatic carbocycles. The normalized spacial score (nSPS) is 37.4. The Morgan fingerprint density at radius 2 is 1.88 bits per heavy atom. The highest BCUT2D eigenvalue weighted by Gasteiger charge is 2.42.